The van der Waals surface area contributed by atoms with Crippen molar-refractivity contribution in [1.29, 1.82) is 0 Å². The fourth-order valence-corrected chi connectivity index (χ4v) is 7.24. The van der Waals surface area contributed by atoms with Crippen LogP contribution in [0.25, 0.3) is 6.08 Å². The van der Waals surface area contributed by atoms with E-state index in [-0.39, 0.29) is 23.5 Å². The van der Waals surface area contributed by atoms with Crippen LogP contribution in [0.15, 0.2) is 54.3 Å². The number of carbonyl (C=O) groups is 1. The van der Waals surface area contributed by atoms with Crippen LogP contribution in [0.1, 0.15) is 37.9 Å². The number of phenols is 1. The van der Waals surface area contributed by atoms with E-state index in [1.54, 1.807) is 51.3 Å². The van der Waals surface area contributed by atoms with Crippen molar-refractivity contribution in [3.63, 3.8) is 0 Å². The van der Waals surface area contributed by atoms with Gasteiger partial charge < -0.3 is 19.3 Å². The van der Waals surface area contributed by atoms with Crippen LogP contribution in [0.5, 0.6) is 17.2 Å². The minimum absolute atomic E-state index is 0.0684. The molecule has 1 N–H and O–H groups in total. The molecule has 3 aromatic rings. The summed E-state index contributed by atoms with van der Waals surface area (Å²) in [4.78, 5) is 32.1. The molecule has 2 aromatic carbocycles. The predicted molar refractivity (Wildman–Crippen MR) is 161 cm³/mol. The second-order valence-corrected chi connectivity index (χ2v) is 12.0. The molecule has 200 valence electrons. The number of thiazole rings is 1. The van der Waals surface area contributed by atoms with E-state index in [1.165, 1.54) is 15.9 Å². The number of hydrogen-bond donors (Lipinski definition) is 1. The number of rotatable bonds is 7. The molecule has 0 spiro atoms. The van der Waals surface area contributed by atoms with E-state index in [0.717, 1.165) is 4.47 Å². The highest BCUT2D eigenvalue weighted by molar-refractivity contribution is 14.1. The molecule has 38 heavy (non-hydrogen) atoms. The number of phenolic OH excluding ortho intramolecular Hbond substituents is 1. The number of halogens is 3. The summed E-state index contributed by atoms with van der Waals surface area (Å²) in [5.74, 6) is 0.488. The topological polar surface area (TPSA) is 99.4 Å². The van der Waals surface area contributed by atoms with Gasteiger partial charge in [0.15, 0.2) is 16.3 Å². The molecule has 0 saturated carbocycles. The summed E-state index contributed by atoms with van der Waals surface area (Å²) in [5.41, 5.74) is 1.43. The maximum absolute atomic E-state index is 13.9. The molecule has 0 bridgehead atoms. The third-order valence-electron chi connectivity index (χ3n) is 5.74. The Bertz CT molecular complexity index is 1650. The van der Waals surface area contributed by atoms with Gasteiger partial charge in [0.05, 0.1) is 45.7 Å². The van der Waals surface area contributed by atoms with Crippen LogP contribution in [-0.4, -0.2) is 36.0 Å². The molecule has 0 amide bonds. The molecule has 0 unspecified atom stereocenters. The fourth-order valence-electron chi connectivity index (χ4n) is 4.11. The van der Waals surface area contributed by atoms with Crippen molar-refractivity contribution in [2.75, 3.05) is 20.3 Å². The van der Waals surface area contributed by atoms with Gasteiger partial charge in [-0.2, -0.15) is 0 Å². The number of methoxy groups -OCH3 is 1. The smallest absolute Gasteiger partial charge is 0.338 e. The van der Waals surface area contributed by atoms with Crippen LogP contribution in [0, 0.1) is 3.57 Å². The average molecular weight is 778 g/mol. The number of aromatic nitrogens is 1. The molecule has 12 heteroatoms. The van der Waals surface area contributed by atoms with Crippen molar-refractivity contribution in [3.8, 4) is 17.2 Å². The lowest BCUT2D eigenvalue weighted by Gasteiger charge is -2.26. The Labute approximate surface area is 253 Å². The third kappa shape index (κ3) is 5.45. The zero-order valence-electron chi connectivity index (χ0n) is 20.8. The normalized spacial score (nSPS) is 15.2. The maximum atomic E-state index is 13.9. The fraction of sp³-hybridized carbons (Fsp3) is 0.269. The van der Waals surface area contributed by atoms with Gasteiger partial charge in [-0.05, 0) is 79.3 Å². The minimum Gasteiger partial charge on any atom is -0.506 e. The first kappa shape index (κ1) is 28.8. The Balaban J connectivity index is 2.03. The number of esters is 1. The van der Waals surface area contributed by atoms with Crippen molar-refractivity contribution >= 4 is 77.8 Å². The number of ether oxygens (including phenoxy) is 3. The van der Waals surface area contributed by atoms with Crippen molar-refractivity contribution in [2.45, 2.75) is 26.8 Å². The lowest BCUT2D eigenvalue weighted by molar-refractivity contribution is -0.139. The number of nitrogens with zero attached hydrogens (tertiary/aromatic N) is 2. The Kier molecular flexibility index (Phi) is 9.05. The lowest BCUT2D eigenvalue weighted by Crippen LogP contribution is -2.40. The summed E-state index contributed by atoms with van der Waals surface area (Å²) >= 11 is 10.3. The highest BCUT2D eigenvalue weighted by Crippen LogP contribution is 2.41. The van der Waals surface area contributed by atoms with Gasteiger partial charge >= 0.3 is 5.97 Å². The zero-order valence-corrected chi connectivity index (χ0v) is 26.9. The van der Waals surface area contributed by atoms with Gasteiger partial charge in [-0.15, -0.1) is 0 Å². The van der Waals surface area contributed by atoms with Crippen LogP contribution in [0.3, 0.4) is 0 Å². The Morgan fingerprint density at radius 2 is 1.95 bits per heavy atom. The molecule has 0 saturated heterocycles. The summed E-state index contributed by atoms with van der Waals surface area (Å²) in [6, 6.07) is 6.17. The SMILES string of the molecule is CCOC(=O)C1=C(C)N=c2s/c(=C/c3cc(Br)cc(I)c3O)c(=O)n2[C@H]1c1cc(OCC)c(OC)cc1Br. The van der Waals surface area contributed by atoms with Gasteiger partial charge in [0, 0.05) is 14.5 Å². The Morgan fingerprint density at radius 1 is 1.21 bits per heavy atom. The van der Waals surface area contributed by atoms with Crippen molar-refractivity contribution in [2.24, 2.45) is 4.99 Å². The third-order valence-corrected chi connectivity index (χ3v) is 8.69. The van der Waals surface area contributed by atoms with Gasteiger partial charge in [0.1, 0.15) is 5.75 Å². The molecule has 1 aliphatic rings. The molecule has 0 aliphatic carbocycles. The molecule has 4 rings (SSSR count). The highest BCUT2D eigenvalue weighted by atomic mass is 127. The van der Waals surface area contributed by atoms with Crippen LogP contribution in [0.2, 0.25) is 0 Å². The van der Waals surface area contributed by atoms with E-state index < -0.39 is 12.0 Å². The molecule has 2 heterocycles. The lowest BCUT2D eigenvalue weighted by atomic mass is 9.95. The van der Waals surface area contributed by atoms with Crippen molar-refractivity contribution in [1.82, 2.24) is 4.57 Å². The number of benzene rings is 2. The standard InChI is InChI=1S/C26H23Br2IN2O6S/c1-5-36-19-10-15(16(28)11-18(19)35-4)22-21(25(34)37-6-2)12(3)30-26-31(22)24(33)20(38-26)8-13-7-14(27)9-17(29)23(13)32/h7-11,22,32H,5-6H2,1-4H3/b20-8+/t22-/m0/s1. The van der Waals surface area contributed by atoms with Crippen LogP contribution in [-0.2, 0) is 9.53 Å². The van der Waals surface area contributed by atoms with E-state index in [0.29, 0.717) is 52.3 Å². The monoisotopic (exact) mass is 776 g/mol. The van der Waals surface area contributed by atoms with Gasteiger partial charge in [0.2, 0.25) is 0 Å². The molecular weight excluding hydrogens is 755 g/mol. The van der Waals surface area contributed by atoms with Crippen LogP contribution >= 0.6 is 65.8 Å². The Hall–Kier alpha value is -2.16. The first-order valence-electron chi connectivity index (χ1n) is 11.5. The van der Waals surface area contributed by atoms with Gasteiger partial charge in [-0.3, -0.25) is 9.36 Å². The van der Waals surface area contributed by atoms with E-state index >= 15 is 0 Å². The number of hydrogen-bond acceptors (Lipinski definition) is 8. The van der Waals surface area contributed by atoms with E-state index in [1.807, 2.05) is 29.5 Å². The number of fused-ring (bicyclic) bond motifs is 1. The molecule has 1 aliphatic heterocycles. The van der Waals surface area contributed by atoms with Crippen molar-refractivity contribution < 1.29 is 24.1 Å². The summed E-state index contributed by atoms with van der Waals surface area (Å²) < 4.78 is 20.5. The summed E-state index contributed by atoms with van der Waals surface area (Å²) in [7, 11) is 1.54. The second-order valence-electron chi connectivity index (χ2n) is 8.09. The summed E-state index contributed by atoms with van der Waals surface area (Å²) in [6.45, 7) is 5.87. The molecule has 0 radical (unpaired) electrons. The van der Waals surface area contributed by atoms with Gasteiger partial charge in [-0.1, -0.05) is 43.2 Å². The molecular formula is C26H23Br2IN2O6S. The number of allylic oxidation sites excluding steroid dienone is 1. The van der Waals surface area contributed by atoms with Crippen LogP contribution < -0.4 is 24.4 Å². The maximum Gasteiger partial charge on any atom is 0.338 e. The molecule has 8 nitrogen and oxygen atoms in total. The first-order chi connectivity index (χ1) is 18.1. The number of aromatic hydroxyl groups is 1. The van der Waals surface area contributed by atoms with Crippen molar-refractivity contribution in [3.05, 3.63) is 78.9 Å². The van der Waals surface area contributed by atoms with Gasteiger partial charge in [-0.25, -0.2) is 9.79 Å². The van der Waals surface area contributed by atoms with Crippen LogP contribution in [0.4, 0.5) is 0 Å². The molecule has 1 atom stereocenters. The Morgan fingerprint density at radius 3 is 2.61 bits per heavy atom. The second kappa shape index (κ2) is 11.9. The van der Waals surface area contributed by atoms with Gasteiger partial charge in [0.25, 0.3) is 5.56 Å². The molecule has 0 fully saturated rings. The quantitative estimate of drug-likeness (QED) is 0.267. The average Bonchev–Trinajstić information content (AvgIpc) is 3.16. The predicted octanol–water partition coefficient (Wildman–Crippen LogP) is 5.04. The number of carbonyl (C=O) groups excluding carboxylic acids is 1. The highest BCUT2D eigenvalue weighted by Gasteiger charge is 2.35. The van der Waals surface area contributed by atoms with E-state index in [2.05, 4.69) is 36.9 Å². The zero-order chi connectivity index (χ0) is 27.7. The van der Waals surface area contributed by atoms with E-state index in [9.17, 15) is 14.7 Å². The molecule has 1 aromatic heterocycles. The largest absolute Gasteiger partial charge is 0.506 e. The summed E-state index contributed by atoms with van der Waals surface area (Å²) in [5, 5.41) is 10.6. The first-order valence-corrected chi connectivity index (χ1v) is 15.0. The summed E-state index contributed by atoms with van der Waals surface area (Å²) in [6.07, 6.45) is 1.63. The van der Waals surface area contributed by atoms with E-state index in [4.69, 9.17) is 14.2 Å². The minimum atomic E-state index is -0.844.